The Kier molecular flexibility index (Phi) is 6.36. The zero-order valence-electron chi connectivity index (χ0n) is 13.2. The van der Waals surface area contributed by atoms with Gasteiger partial charge in [-0.15, -0.1) is 0 Å². The molecule has 2 unspecified atom stereocenters. The Labute approximate surface area is 119 Å². The highest BCUT2D eigenvalue weighted by atomic mass is 15.2. The largest absolute Gasteiger partial charge is 0.369 e. The molecule has 108 valence electrons. The second-order valence-electron chi connectivity index (χ2n) is 5.55. The Morgan fingerprint density at radius 1 is 1.16 bits per heavy atom. The second-order valence-corrected chi connectivity index (χ2v) is 5.55. The lowest BCUT2D eigenvalue weighted by Crippen LogP contribution is -2.34. The minimum absolute atomic E-state index is 0.260. The summed E-state index contributed by atoms with van der Waals surface area (Å²) in [6.45, 7) is 12.1. The molecular formula is C17H30N2. The van der Waals surface area contributed by atoms with Crippen LogP contribution in [0.2, 0.25) is 0 Å². The average Bonchev–Trinajstić information content (AvgIpc) is 2.41. The Balaban J connectivity index is 3.10. The molecule has 0 radical (unpaired) electrons. The number of nitrogens with two attached hydrogens (primary N) is 1. The summed E-state index contributed by atoms with van der Waals surface area (Å²) < 4.78 is 0. The molecule has 2 atom stereocenters. The monoisotopic (exact) mass is 262 g/mol. The SMILES string of the molecule is CCC(N)Cc1cc(C)ccc1N(CC)C(C)CC. The summed E-state index contributed by atoms with van der Waals surface area (Å²) in [4.78, 5) is 2.50. The van der Waals surface area contributed by atoms with E-state index >= 15 is 0 Å². The molecule has 19 heavy (non-hydrogen) atoms. The van der Waals surface area contributed by atoms with Crippen LogP contribution in [-0.2, 0) is 6.42 Å². The molecule has 0 bridgehead atoms. The third-order valence-electron chi connectivity index (χ3n) is 4.01. The van der Waals surface area contributed by atoms with Crippen LogP contribution in [0.4, 0.5) is 5.69 Å². The third-order valence-corrected chi connectivity index (χ3v) is 4.01. The van der Waals surface area contributed by atoms with Crippen molar-refractivity contribution in [1.82, 2.24) is 0 Å². The quantitative estimate of drug-likeness (QED) is 0.807. The molecule has 0 fully saturated rings. The Bertz CT molecular complexity index is 387. The van der Waals surface area contributed by atoms with Crippen LogP contribution in [0.25, 0.3) is 0 Å². The molecule has 2 nitrogen and oxygen atoms in total. The summed E-state index contributed by atoms with van der Waals surface area (Å²) in [5.41, 5.74) is 10.2. The van der Waals surface area contributed by atoms with Gasteiger partial charge in [-0.1, -0.05) is 31.5 Å². The van der Waals surface area contributed by atoms with Gasteiger partial charge in [0, 0.05) is 24.3 Å². The minimum Gasteiger partial charge on any atom is -0.369 e. The lowest BCUT2D eigenvalue weighted by molar-refractivity contribution is 0.615. The first-order valence-corrected chi connectivity index (χ1v) is 7.65. The standard InChI is InChI=1S/C17H30N2/c1-6-14(5)19(8-3)17-10-9-13(4)11-15(17)12-16(18)7-2/h9-11,14,16H,6-8,12,18H2,1-5H3. The summed E-state index contributed by atoms with van der Waals surface area (Å²) in [6.07, 6.45) is 3.17. The molecule has 1 rings (SSSR count). The van der Waals surface area contributed by atoms with E-state index in [0.29, 0.717) is 6.04 Å². The number of hydrogen-bond acceptors (Lipinski definition) is 2. The van der Waals surface area contributed by atoms with Crippen LogP contribution < -0.4 is 10.6 Å². The molecule has 0 aliphatic heterocycles. The maximum absolute atomic E-state index is 6.16. The maximum Gasteiger partial charge on any atom is 0.0401 e. The number of hydrogen-bond donors (Lipinski definition) is 1. The van der Waals surface area contributed by atoms with Gasteiger partial charge in [-0.3, -0.25) is 0 Å². The van der Waals surface area contributed by atoms with Gasteiger partial charge in [0.25, 0.3) is 0 Å². The summed E-state index contributed by atoms with van der Waals surface area (Å²) in [5, 5.41) is 0. The van der Waals surface area contributed by atoms with Gasteiger partial charge in [-0.2, -0.15) is 0 Å². The highest BCUT2D eigenvalue weighted by Crippen LogP contribution is 2.26. The van der Waals surface area contributed by atoms with Crippen molar-refractivity contribution >= 4 is 5.69 Å². The van der Waals surface area contributed by atoms with Crippen LogP contribution in [0, 0.1) is 6.92 Å². The number of rotatable bonds is 7. The molecule has 0 saturated heterocycles. The predicted octanol–water partition coefficient (Wildman–Crippen LogP) is 3.90. The summed E-state index contributed by atoms with van der Waals surface area (Å²) in [5.74, 6) is 0. The van der Waals surface area contributed by atoms with Crippen molar-refractivity contribution in [2.24, 2.45) is 5.73 Å². The van der Waals surface area contributed by atoms with Gasteiger partial charge >= 0.3 is 0 Å². The first-order chi connectivity index (χ1) is 9.03. The van der Waals surface area contributed by atoms with Crippen molar-refractivity contribution in [2.45, 2.75) is 66.0 Å². The molecule has 2 heteroatoms. The fourth-order valence-corrected chi connectivity index (χ4v) is 2.52. The molecule has 0 spiro atoms. The van der Waals surface area contributed by atoms with Gasteiger partial charge in [0.2, 0.25) is 0 Å². The lowest BCUT2D eigenvalue weighted by Gasteiger charge is -2.32. The zero-order valence-corrected chi connectivity index (χ0v) is 13.2. The lowest BCUT2D eigenvalue weighted by atomic mass is 9.99. The number of anilines is 1. The second kappa shape index (κ2) is 7.54. The van der Waals surface area contributed by atoms with E-state index in [-0.39, 0.29) is 6.04 Å². The molecule has 1 aromatic carbocycles. The highest BCUT2D eigenvalue weighted by Gasteiger charge is 2.16. The number of aryl methyl sites for hydroxylation is 1. The third kappa shape index (κ3) is 4.24. The van der Waals surface area contributed by atoms with Gasteiger partial charge in [-0.25, -0.2) is 0 Å². The van der Waals surface area contributed by atoms with Crippen LogP contribution >= 0.6 is 0 Å². The summed E-state index contributed by atoms with van der Waals surface area (Å²) >= 11 is 0. The maximum atomic E-state index is 6.16. The van der Waals surface area contributed by atoms with Crippen LogP contribution in [0.5, 0.6) is 0 Å². The fourth-order valence-electron chi connectivity index (χ4n) is 2.52. The van der Waals surface area contributed by atoms with E-state index in [1.54, 1.807) is 0 Å². The van der Waals surface area contributed by atoms with Gasteiger partial charge in [0.15, 0.2) is 0 Å². The zero-order chi connectivity index (χ0) is 14.4. The first kappa shape index (κ1) is 16.0. The molecule has 2 N–H and O–H groups in total. The van der Waals surface area contributed by atoms with Crippen LogP contribution in [-0.4, -0.2) is 18.6 Å². The van der Waals surface area contributed by atoms with Gasteiger partial charge in [0.05, 0.1) is 0 Å². The minimum atomic E-state index is 0.260. The molecular weight excluding hydrogens is 232 g/mol. The predicted molar refractivity (Wildman–Crippen MR) is 85.9 cm³/mol. The van der Waals surface area contributed by atoms with E-state index in [9.17, 15) is 0 Å². The van der Waals surface area contributed by atoms with Crippen LogP contribution in [0.1, 0.15) is 51.7 Å². The average molecular weight is 262 g/mol. The van der Waals surface area contributed by atoms with Crippen LogP contribution in [0.3, 0.4) is 0 Å². The first-order valence-electron chi connectivity index (χ1n) is 7.65. The van der Waals surface area contributed by atoms with E-state index in [1.807, 2.05) is 0 Å². The Hall–Kier alpha value is -1.02. The van der Waals surface area contributed by atoms with E-state index in [2.05, 4.69) is 57.7 Å². The molecule has 0 saturated carbocycles. The molecule has 0 amide bonds. The van der Waals surface area contributed by atoms with E-state index in [4.69, 9.17) is 5.73 Å². The van der Waals surface area contributed by atoms with Crippen molar-refractivity contribution in [3.8, 4) is 0 Å². The van der Waals surface area contributed by atoms with E-state index in [1.165, 1.54) is 23.2 Å². The summed E-state index contributed by atoms with van der Waals surface area (Å²) in [7, 11) is 0. The van der Waals surface area contributed by atoms with Crippen molar-refractivity contribution in [2.75, 3.05) is 11.4 Å². The Morgan fingerprint density at radius 2 is 1.84 bits per heavy atom. The smallest absolute Gasteiger partial charge is 0.0401 e. The van der Waals surface area contributed by atoms with E-state index < -0.39 is 0 Å². The molecule has 0 aliphatic rings. The molecule has 0 aromatic heterocycles. The van der Waals surface area contributed by atoms with Gasteiger partial charge in [0.1, 0.15) is 0 Å². The normalized spacial score (nSPS) is 14.2. The van der Waals surface area contributed by atoms with Gasteiger partial charge in [-0.05, 0) is 51.7 Å². The van der Waals surface area contributed by atoms with E-state index in [0.717, 1.165) is 19.4 Å². The summed E-state index contributed by atoms with van der Waals surface area (Å²) in [6, 6.07) is 7.61. The molecule has 1 aromatic rings. The molecule has 0 aliphatic carbocycles. The number of benzene rings is 1. The Morgan fingerprint density at radius 3 is 2.37 bits per heavy atom. The van der Waals surface area contributed by atoms with Crippen molar-refractivity contribution in [3.05, 3.63) is 29.3 Å². The molecule has 0 heterocycles. The number of nitrogens with zero attached hydrogens (tertiary/aromatic N) is 1. The van der Waals surface area contributed by atoms with Crippen molar-refractivity contribution in [3.63, 3.8) is 0 Å². The fraction of sp³-hybridized carbons (Fsp3) is 0.647. The van der Waals surface area contributed by atoms with Crippen molar-refractivity contribution < 1.29 is 0 Å². The topological polar surface area (TPSA) is 29.3 Å². The van der Waals surface area contributed by atoms with Crippen LogP contribution in [0.15, 0.2) is 18.2 Å². The van der Waals surface area contributed by atoms with Gasteiger partial charge < -0.3 is 10.6 Å². The highest BCUT2D eigenvalue weighted by molar-refractivity contribution is 5.56. The van der Waals surface area contributed by atoms with Crippen molar-refractivity contribution in [1.29, 1.82) is 0 Å².